The largest absolute Gasteiger partial charge is 0.450 e. The first-order valence-electron chi connectivity index (χ1n) is 6.65. The zero-order chi connectivity index (χ0) is 14.8. The molecule has 0 aromatic heterocycles. The average Bonchev–Trinajstić information content (AvgIpc) is 2.94. The molecule has 2 aromatic rings. The molecule has 0 saturated heterocycles. The van der Waals surface area contributed by atoms with Gasteiger partial charge in [-0.1, -0.05) is 6.07 Å². The van der Waals surface area contributed by atoms with Crippen LogP contribution in [0.5, 0.6) is 11.5 Å². The molecule has 5 nitrogen and oxygen atoms in total. The Morgan fingerprint density at radius 2 is 1.95 bits per heavy atom. The molecule has 0 radical (unpaired) electrons. The van der Waals surface area contributed by atoms with Crippen molar-refractivity contribution in [2.45, 2.75) is 19.3 Å². The lowest BCUT2D eigenvalue weighted by molar-refractivity contribution is -0.385. The Labute approximate surface area is 121 Å². The molecular weight excluding hydrogens is 268 g/mol. The molecule has 1 aliphatic rings. The number of hydrogen-bond acceptors (Lipinski definition) is 4. The lowest BCUT2D eigenvalue weighted by Gasteiger charge is -2.08. The normalized spacial score (nSPS) is 12.5. The van der Waals surface area contributed by atoms with Crippen LogP contribution in [0, 0.1) is 21.4 Å². The number of nitriles is 1. The van der Waals surface area contributed by atoms with Gasteiger partial charge >= 0.3 is 5.69 Å². The Kier molecular flexibility index (Phi) is 3.28. The van der Waals surface area contributed by atoms with E-state index < -0.39 is 4.92 Å². The number of benzene rings is 2. The van der Waals surface area contributed by atoms with Crippen LogP contribution in [0.2, 0.25) is 0 Å². The fourth-order valence-corrected chi connectivity index (χ4v) is 2.55. The second-order valence-corrected chi connectivity index (χ2v) is 4.94. The molecule has 0 fully saturated rings. The molecular formula is C16H12N2O3. The van der Waals surface area contributed by atoms with E-state index in [-0.39, 0.29) is 11.4 Å². The van der Waals surface area contributed by atoms with Crippen LogP contribution in [0.3, 0.4) is 0 Å². The lowest BCUT2D eigenvalue weighted by atomic mass is 10.1. The minimum atomic E-state index is -0.510. The Balaban J connectivity index is 1.97. The molecule has 3 rings (SSSR count). The molecule has 2 aromatic carbocycles. The summed E-state index contributed by atoms with van der Waals surface area (Å²) in [5.74, 6) is 0.658. The van der Waals surface area contributed by atoms with E-state index in [1.165, 1.54) is 29.3 Å². The van der Waals surface area contributed by atoms with Gasteiger partial charge in [0.25, 0.3) is 0 Å². The highest BCUT2D eigenvalue weighted by molar-refractivity contribution is 5.53. The number of nitrogens with zero attached hydrogens (tertiary/aromatic N) is 2. The standard InChI is InChI=1S/C16H12N2O3/c17-10-11-4-7-15(18(19)20)16(8-11)21-14-6-5-12-2-1-3-13(12)9-14/h4-9H,1-3H2. The molecule has 0 bridgehead atoms. The number of ether oxygens (including phenoxy) is 1. The molecule has 1 aliphatic carbocycles. The van der Waals surface area contributed by atoms with Crippen molar-refractivity contribution >= 4 is 5.69 Å². The summed E-state index contributed by atoms with van der Waals surface area (Å²) in [7, 11) is 0. The zero-order valence-corrected chi connectivity index (χ0v) is 11.2. The van der Waals surface area contributed by atoms with E-state index in [0.717, 1.165) is 19.3 Å². The van der Waals surface area contributed by atoms with Crippen LogP contribution in [0.4, 0.5) is 5.69 Å². The highest BCUT2D eigenvalue weighted by Gasteiger charge is 2.18. The maximum absolute atomic E-state index is 11.0. The number of nitro groups is 1. The predicted octanol–water partition coefficient (Wildman–Crippen LogP) is 3.75. The van der Waals surface area contributed by atoms with Crippen molar-refractivity contribution in [3.8, 4) is 17.6 Å². The van der Waals surface area contributed by atoms with E-state index in [9.17, 15) is 10.1 Å². The van der Waals surface area contributed by atoms with Crippen molar-refractivity contribution in [3.05, 3.63) is 63.2 Å². The Bertz CT molecular complexity index is 763. The van der Waals surface area contributed by atoms with Gasteiger partial charge in [-0.05, 0) is 48.6 Å². The van der Waals surface area contributed by atoms with Crippen LogP contribution in [0.1, 0.15) is 23.1 Å². The number of fused-ring (bicyclic) bond motifs is 1. The van der Waals surface area contributed by atoms with E-state index in [4.69, 9.17) is 10.00 Å². The monoisotopic (exact) mass is 280 g/mol. The van der Waals surface area contributed by atoms with E-state index in [2.05, 4.69) is 0 Å². The molecule has 0 amide bonds. The van der Waals surface area contributed by atoms with Crippen LogP contribution < -0.4 is 4.74 Å². The third-order valence-electron chi connectivity index (χ3n) is 3.58. The summed E-state index contributed by atoms with van der Waals surface area (Å²) in [6.07, 6.45) is 3.20. The molecule has 0 saturated carbocycles. The molecule has 0 atom stereocenters. The first kappa shape index (κ1) is 13.1. The molecule has 0 unspecified atom stereocenters. The van der Waals surface area contributed by atoms with Crippen LogP contribution in [-0.2, 0) is 12.8 Å². The van der Waals surface area contributed by atoms with Gasteiger partial charge in [0.1, 0.15) is 5.75 Å². The van der Waals surface area contributed by atoms with Gasteiger partial charge in [0.2, 0.25) is 5.75 Å². The van der Waals surface area contributed by atoms with Crippen molar-refractivity contribution in [2.24, 2.45) is 0 Å². The van der Waals surface area contributed by atoms with E-state index in [1.807, 2.05) is 24.3 Å². The third kappa shape index (κ3) is 2.56. The summed E-state index contributed by atoms with van der Waals surface area (Å²) >= 11 is 0. The molecule has 0 N–H and O–H groups in total. The molecule has 104 valence electrons. The van der Waals surface area contributed by atoms with Crippen molar-refractivity contribution in [1.29, 1.82) is 5.26 Å². The van der Waals surface area contributed by atoms with Crippen molar-refractivity contribution in [1.82, 2.24) is 0 Å². The fourth-order valence-electron chi connectivity index (χ4n) is 2.55. The van der Waals surface area contributed by atoms with Crippen LogP contribution in [-0.4, -0.2) is 4.92 Å². The van der Waals surface area contributed by atoms with Crippen molar-refractivity contribution < 1.29 is 9.66 Å². The van der Waals surface area contributed by atoms with Crippen molar-refractivity contribution in [3.63, 3.8) is 0 Å². The van der Waals surface area contributed by atoms with E-state index in [1.54, 1.807) is 0 Å². The van der Waals surface area contributed by atoms with E-state index >= 15 is 0 Å². The first-order chi connectivity index (χ1) is 10.2. The number of aryl methyl sites for hydroxylation is 2. The Morgan fingerprint density at radius 3 is 2.71 bits per heavy atom. The minimum absolute atomic E-state index is 0.0944. The maximum Gasteiger partial charge on any atom is 0.311 e. The summed E-state index contributed by atoms with van der Waals surface area (Å²) in [5, 5.41) is 20.0. The lowest BCUT2D eigenvalue weighted by Crippen LogP contribution is -1.95. The topological polar surface area (TPSA) is 76.2 Å². The summed E-state index contributed by atoms with van der Waals surface area (Å²) in [6, 6.07) is 11.8. The Hall–Kier alpha value is -2.87. The minimum Gasteiger partial charge on any atom is -0.450 e. The van der Waals surface area contributed by atoms with Gasteiger partial charge < -0.3 is 4.74 Å². The van der Waals surface area contributed by atoms with Gasteiger partial charge in [-0.2, -0.15) is 5.26 Å². The second kappa shape index (κ2) is 5.25. The summed E-state index contributed by atoms with van der Waals surface area (Å²) < 4.78 is 5.65. The zero-order valence-electron chi connectivity index (χ0n) is 11.2. The van der Waals surface area contributed by atoms with Crippen LogP contribution in [0.15, 0.2) is 36.4 Å². The maximum atomic E-state index is 11.0. The van der Waals surface area contributed by atoms with Gasteiger partial charge in [0, 0.05) is 12.1 Å². The van der Waals surface area contributed by atoms with Gasteiger partial charge in [-0.3, -0.25) is 10.1 Å². The highest BCUT2D eigenvalue weighted by atomic mass is 16.6. The number of rotatable bonds is 3. The van der Waals surface area contributed by atoms with Gasteiger partial charge in [-0.15, -0.1) is 0 Å². The Morgan fingerprint density at radius 1 is 1.14 bits per heavy atom. The highest BCUT2D eigenvalue weighted by Crippen LogP contribution is 2.34. The summed E-state index contributed by atoms with van der Waals surface area (Å²) in [5.41, 5.74) is 2.72. The molecule has 5 heteroatoms. The van der Waals surface area contributed by atoms with Crippen LogP contribution in [0.25, 0.3) is 0 Å². The first-order valence-corrected chi connectivity index (χ1v) is 6.65. The summed E-state index contributed by atoms with van der Waals surface area (Å²) in [6.45, 7) is 0. The molecule has 0 aliphatic heterocycles. The van der Waals surface area contributed by atoms with Crippen molar-refractivity contribution in [2.75, 3.05) is 0 Å². The third-order valence-corrected chi connectivity index (χ3v) is 3.58. The van der Waals surface area contributed by atoms with Gasteiger partial charge in [-0.25, -0.2) is 0 Å². The number of nitro benzene ring substituents is 1. The summed E-state index contributed by atoms with van der Waals surface area (Å²) in [4.78, 5) is 10.5. The average molecular weight is 280 g/mol. The second-order valence-electron chi connectivity index (χ2n) is 4.94. The van der Waals surface area contributed by atoms with Crippen LogP contribution >= 0.6 is 0 Å². The van der Waals surface area contributed by atoms with Gasteiger partial charge in [0.05, 0.1) is 16.6 Å². The smallest absolute Gasteiger partial charge is 0.311 e. The molecule has 21 heavy (non-hydrogen) atoms. The molecule has 0 heterocycles. The quantitative estimate of drug-likeness (QED) is 0.633. The SMILES string of the molecule is N#Cc1ccc([N+](=O)[O-])c(Oc2ccc3c(c2)CCC3)c1. The predicted molar refractivity (Wildman–Crippen MR) is 76.4 cm³/mol. The van der Waals surface area contributed by atoms with E-state index in [0.29, 0.717) is 11.3 Å². The number of hydrogen-bond donors (Lipinski definition) is 0. The molecule has 0 spiro atoms. The fraction of sp³-hybridized carbons (Fsp3) is 0.188. The van der Waals surface area contributed by atoms with Gasteiger partial charge in [0.15, 0.2) is 0 Å².